The normalized spacial score (nSPS) is 25.2. The van der Waals surface area contributed by atoms with Crippen LogP contribution in [0, 0.1) is 5.92 Å². The highest BCUT2D eigenvalue weighted by atomic mass is 32.1. The first kappa shape index (κ1) is 17.0. The Labute approximate surface area is 144 Å². The van der Waals surface area contributed by atoms with Gasteiger partial charge < -0.3 is 9.22 Å². The number of esters is 1. The number of carbonyl (C=O) groups excluding carboxylic acids is 1. The molecular weight excluding hydrogens is 306 g/mol. The molecule has 3 rings (SSSR count). The molecule has 0 spiro atoms. The predicted molar refractivity (Wildman–Crippen MR) is 94.6 cm³/mol. The van der Waals surface area contributed by atoms with Crippen LogP contribution in [0.2, 0.25) is 0 Å². The Bertz CT molecular complexity index is 524. The van der Waals surface area contributed by atoms with Crippen LogP contribution in [-0.2, 0) is 14.9 Å². The number of ether oxygens (including phenoxy) is 1. The first-order valence-corrected chi connectivity index (χ1v) is 9.87. The second-order valence-electron chi connectivity index (χ2n) is 8.15. The van der Waals surface area contributed by atoms with Crippen LogP contribution in [0.4, 0.5) is 0 Å². The highest BCUT2D eigenvalue weighted by molar-refractivity contribution is 7.10. The van der Waals surface area contributed by atoms with E-state index in [4.69, 9.17) is 4.74 Å². The van der Waals surface area contributed by atoms with Gasteiger partial charge in [0.25, 0.3) is 0 Å². The molecule has 23 heavy (non-hydrogen) atoms. The summed E-state index contributed by atoms with van der Waals surface area (Å²) < 4.78 is 7.08. The van der Waals surface area contributed by atoms with Crippen LogP contribution >= 0.6 is 11.3 Å². The van der Waals surface area contributed by atoms with E-state index in [-0.39, 0.29) is 12.1 Å². The van der Waals surface area contributed by atoms with E-state index in [0.29, 0.717) is 5.92 Å². The van der Waals surface area contributed by atoms with E-state index >= 15 is 0 Å². The van der Waals surface area contributed by atoms with Crippen LogP contribution in [0.15, 0.2) is 17.5 Å². The summed E-state index contributed by atoms with van der Waals surface area (Å²) in [7, 11) is 4.51. The summed E-state index contributed by atoms with van der Waals surface area (Å²) in [5.41, 5.74) is -0.452. The van der Waals surface area contributed by atoms with Gasteiger partial charge in [-0.25, -0.2) is 0 Å². The molecular formula is C19H30NO2S+. The standard InChI is InChI=1S/C19H30NO2S/c1-19(15-7-4-5-8-15,17-9-6-14-23-17)18(21)22-16-10-12-20(2,3)13-11-16/h6,9,14-16H,4-5,7-8,10-13H2,1-3H3/q+1/t19-/m1/s1. The van der Waals surface area contributed by atoms with Crippen molar-refractivity contribution in [2.24, 2.45) is 5.92 Å². The molecule has 0 unspecified atom stereocenters. The smallest absolute Gasteiger partial charge is 0.317 e. The molecule has 0 aromatic carbocycles. The van der Waals surface area contributed by atoms with Crippen LogP contribution in [0.25, 0.3) is 0 Å². The van der Waals surface area contributed by atoms with Crippen LogP contribution in [0.3, 0.4) is 0 Å². The number of nitrogens with zero attached hydrogens (tertiary/aromatic N) is 1. The van der Waals surface area contributed by atoms with E-state index < -0.39 is 5.41 Å². The number of thiophene rings is 1. The molecule has 0 amide bonds. The summed E-state index contributed by atoms with van der Waals surface area (Å²) in [4.78, 5) is 14.3. The molecule has 1 aliphatic heterocycles. The molecule has 1 saturated heterocycles. The van der Waals surface area contributed by atoms with Gasteiger partial charge in [-0.3, -0.25) is 4.79 Å². The van der Waals surface area contributed by atoms with Crippen LogP contribution < -0.4 is 0 Å². The molecule has 2 heterocycles. The summed E-state index contributed by atoms with van der Waals surface area (Å²) in [6, 6.07) is 4.17. The van der Waals surface area contributed by atoms with Gasteiger partial charge >= 0.3 is 5.97 Å². The van der Waals surface area contributed by atoms with Crippen LogP contribution in [0.1, 0.15) is 50.3 Å². The summed E-state index contributed by atoms with van der Waals surface area (Å²) in [5, 5.41) is 2.08. The number of piperidine rings is 1. The van der Waals surface area contributed by atoms with Crippen molar-refractivity contribution in [2.75, 3.05) is 27.2 Å². The number of hydrogen-bond acceptors (Lipinski definition) is 3. The summed E-state index contributed by atoms with van der Waals surface area (Å²) in [5.74, 6) is 0.452. The van der Waals surface area contributed by atoms with Crippen molar-refractivity contribution in [1.82, 2.24) is 0 Å². The Balaban J connectivity index is 1.74. The molecule has 0 bridgehead atoms. The van der Waals surface area contributed by atoms with E-state index in [1.165, 1.54) is 17.7 Å². The largest absolute Gasteiger partial charge is 0.461 e. The molecule has 2 fully saturated rings. The molecule has 1 aliphatic carbocycles. The Morgan fingerprint density at radius 1 is 1.22 bits per heavy atom. The van der Waals surface area contributed by atoms with Crippen molar-refractivity contribution in [2.45, 2.75) is 57.0 Å². The van der Waals surface area contributed by atoms with Gasteiger partial charge in [-0.05, 0) is 37.1 Å². The second kappa shape index (κ2) is 6.56. The van der Waals surface area contributed by atoms with E-state index in [2.05, 4.69) is 38.5 Å². The molecule has 4 heteroatoms. The van der Waals surface area contributed by atoms with Crippen LogP contribution in [-0.4, -0.2) is 43.7 Å². The molecule has 1 aromatic rings. The monoisotopic (exact) mass is 336 g/mol. The number of rotatable bonds is 4. The van der Waals surface area contributed by atoms with Gasteiger partial charge in [0.15, 0.2) is 0 Å². The highest BCUT2D eigenvalue weighted by Gasteiger charge is 2.47. The Morgan fingerprint density at radius 2 is 1.87 bits per heavy atom. The van der Waals surface area contributed by atoms with E-state index in [0.717, 1.165) is 43.3 Å². The maximum Gasteiger partial charge on any atom is 0.317 e. The van der Waals surface area contributed by atoms with Gasteiger partial charge in [0.2, 0.25) is 0 Å². The lowest BCUT2D eigenvalue weighted by Gasteiger charge is -2.39. The lowest BCUT2D eigenvalue weighted by Crippen LogP contribution is -2.49. The van der Waals surface area contributed by atoms with Gasteiger partial charge in [0.05, 0.1) is 27.2 Å². The van der Waals surface area contributed by atoms with Crippen molar-refractivity contribution >= 4 is 17.3 Å². The van der Waals surface area contributed by atoms with Crippen molar-refractivity contribution < 1.29 is 14.0 Å². The molecule has 128 valence electrons. The molecule has 2 aliphatic rings. The van der Waals surface area contributed by atoms with E-state index in [1.807, 2.05) is 0 Å². The van der Waals surface area contributed by atoms with Crippen molar-refractivity contribution in [1.29, 1.82) is 0 Å². The first-order valence-electron chi connectivity index (χ1n) is 8.99. The zero-order chi connectivity index (χ0) is 16.5. The average molecular weight is 337 g/mol. The van der Waals surface area contributed by atoms with Gasteiger partial charge in [-0.2, -0.15) is 0 Å². The summed E-state index contributed by atoms with van der Waals surface area (Å²) >= 11 is 1.70. The fraction of sp³-hybridized carbons (Fsp3) is 0.737. The van der Waals surface area contributed by atoms with Gasteiger partial charge in [-0.15, -0.1) is 11.3 Å². The SMILES string of the molecule is C[C@](C(=O)OC1CC[N+](C)(C)CC1)(c1cccs1)C1CCCC1. The third kappa shape index (κ3) is 3.48. The third-order valence-corrected chi connectivity index (χ3v) is 7.12. The fourth-order valence-corrected chi connectivity index (χ4v) is 5.14. The second-order valence-corrected chi connectivity index (χ2v) is 9.10. The Kier molecular flexibility index (Phi) is 4.84. The van der Waals surface area contributed by atoms with Crippen molar-refractivity contribution in [3.8, 4) is 0 Å². The molecule has 1 saturated carbocycles. The number of hydrogen-bond donors (Lipinski definition) is 0. The minimum atomic E-state index is -0.452. The first-order chi connectivity index (χ1) is 10.9. The molecule has 0 N–H and O–H groups in total. The maximum atomic E-state index is 13.2. The zero-order valence-electron chi connectivity index (χ0n) is 14.7. The zero-order valence-corrected chi connectivity index (χ0v) is 15.5. The lowest BCUT2D eigenvalue weighted by atomic mass is 9.74. The fourth-order valence-electron chi connectivity index (χ4n) is 4.18. The average Bonchev–Trinajstić information content (AvgIpc) is 3.22. The molecule has 1 atom stereocenters. The summed E-state index contributed by atoms with van der Waals surface area (Å²) in [6.07, 6.45) is 6.88. The van der Waals surface area contributed by atoms with E-state index in [9.17, 15) is 4.79 Å². The minimum Gasteiger partial charge on any atom is -0.461 e. The number of quaternary nitrogens is 1. The van der Waals surface area contributed by atoms with Gasteiger partial charge in [0, 0.05) is 17.7 Å². The Hall–Kier alpha value is -0.870. The predicted octanol–water partition coefficient (Wildman–Crippen LogP) is 3.98. The number of likely N-dealkylation sites (tertiary alicyclic amines) is 1. The quantitative estimate of drug-likeness (QED) is 0.614. The molecule has 3 nitrogen and oxygen atoms in total. The van der Waals surface area contributed by atoms with E-state index in [1.54, 1.807) is 11.3 Å². The van der Waals surface area contributed by atoms with Gasteiger partial charge in [0.1, 0.15) is 11.5 Å². The summed E-state index contributed by atoms with van der Waals surface area (Å²) in [6.45, 7) is 4.31. The molecule has 1 aromatic heterocycles. The highest BCUT2D eigenvalue weighted by Crippen LogP contribution is 2.45. The number of carbonyl (C=O) groups is 1. The Morgan fingerprint density at radius 3 is 2.43 bits per heavy atom. The maximum absolute atomic E-state index is 13.2. The third-order valence-electron chi connectivity index (χ3n) is 6.02. The van der Waals surface area contributed by atoms with Crippen molar-refractivity contribution in [3.05, 3.63) is 22.4 Å². The van der Waals surface area contributed by atoms with Gasteiger partial charge in [-0.1, -0.05) is 18.9 Å². The topological polar surface area (TPSA) is 26.3 Å². The van der Waals surface area contributed by atoms with Crippen LogP contribution in [0.5, 0.6) is 0 Å². The lowest BCUT2D eigenvalue weighted by molar-refractivity contribution is -0.896. The van der Waals surface area contributed by atoms with Crippen molar-refractivity contribution in [3.63, 3.8) is 0 Å². The molecule has 0 radical (unpaired) electrons. The minimum absolute atomic E-state index is 0.0176.